The van der Waals surface area contributed by atoms with Gasteiger partial charge in [0.25, 0.3) is 0 Å². The summed E-state index contributed by atoms with van der Waals surface area (Å²) in [5.41, 5.74) is 0.954. The highest BCUT2D eigenvalue weighted by atomic mass is 16.5. The van der Waals surface area contributed by atoms with Gasteiger partial charge in [0, 0.05) is 12.0 Å². The molecular weight excluding hydrogens is 176 g/mol. The summed E-state index contributed by atoms with van der Waals surface area (Å²) in [6.45, 7) is 0.606. The lowest BCUT2D eigenvalue weighted by molar-refractivity contribution is 0.0811. The standard InChI is InChI=1S/C12H12O2/c13-11-8-9-14-12(11)7-6-10-4-2-1-3-5-10/h1-5,11-13H,8-9H2/t11-,12-/m1/s1. The molecule has 1 aromatic carbocycles. The Morgan fingerprint density at radius 1 is 1.29 bits per heavy atom. The Labute approximate surface area is 83.5 Å². The minimum atomic E-state index is -0.425. The molecule has 1 aromatic rings. The Balaban J connectivity index is 2.07. The lowest BCUT2D eigenvalue weighted by Crippen LogP contribution is -2.18. The molecule has 2 rings (SSSR count). The maximum absolute atomic E-state index is 9.44. The summed E-state index contributed by atoms with van der Waals surface area (Å²) in [5.74, 6) is 5.91. The van der Waals surface area contributed by atoms with Crippen molar-refractivity contribution < 1.29 is 9.84 Å². The van der Waals surface area contributed by atoms with Crippen LogP contribution in [0.1, 0.15) is 12.0 Å². The summed E-state index contributed by atoms with van der Waals surface area (Å²) < 4.78 is 5.26. The smallest absolute Gasteiger partial charge is 0.144 e. The van der Waals surface area contributed by atoms with Crippen LogP contribution in [0.25, 0.3) is 0 Å². The zero-order valence-electron chi connectivity index (χ0n) is 7.81. The van der Waals surface area contributed by atoms with Crippen molar-refractivity contribution in [3.05, 3.63) is 35.9 Å². The molecule has 0 amide bonds. The van der Waals surface area contributed by atoms with E-state index in [2.05, 4.69) is 11.8 Å². The predicted octanol–water partition coefficient (Wildman–Crippen LogP) is 1.19. The largest absolute Gasteiger partial charge is 0.389 e. The number of hydrogen-bond acceptors (Lipinski definition) is 2. The van der Waals surface area contributed by atoms with E-state index in [9.17, 15) is 5.11 Å². The second-order valence-corrected chi connectivity index (χ2v) is 3.28. The molecule has 2 heteroatoms. The molecule has 1 fully saturated rings. The minimum Gasteiger partial charge on any atom is -0.389 e. The van der Waals surface area contributed by atoms with Gasteiger partial charge in [-0.2, -0.15) is 0 Å². The van der Waals surface area contributed by atoms with E-state index in [-0.39, 0.29) is 6.10 Å². The molecule has 0 aromatic heterocycles. The minimum absolute atomic E-state index is 0.310. The maximum Gasteiger partial charge on any atom is 0.144 e. The third kappa shape index (κ3) is 2.14. The number of benzene rings is 1. The zero-order valence-corrected chi connectivity index (χ0v) is 7.81. The molecule has 14 heavy (non-hydrogen) atoms. The Bertz CT molecular complexity index is 348. The third-order valence-corrected chi connectivity index (χ3v) is 2.19. The summed E-state index contributed by atoms with van der Waals surface area (Å²) in [5, 5.41) is 9.44. The van der Waals surface area contributed by atoms with E-state index >= 15 is 0 Å². The SMILES string of the molecule is O[C@@H]1CCO[C@@H]1C#Cc1ccccc1. The average Bonchev–Trinajstić information content (AvgIpc) is 2.63. The van der Waals surface area contributed by atoms with Gasteiger partial charge in [-0.25, -0.2) is 0 Å². The van der Waals surface area contributed by atoms with Crippen molar-refractivity contribution in [1.82, 2.24) is 0 Å². The maximum atomic E-state index is 9.44. The Morgan fingerprint density at radius 3 is 2.71 bits per heavy atom. The quantitative estimate of drug-likeness (QED) is 0.620. The first-order valence-electron chi connectivity index (χ1n) is 4.72. The molecule has 1 aliphatic rings. The van der Waals surface area contributed by atoms with E-state index < -0.39 is 6.10 Å². The number of aliphatic hydroxyl groups is 1. The predicted molar refractivity (Wildman–Crippen MR) is 53.7 cm³/mol. The van der Waals surface area contributed by atoms with Crippen molar-refractivity contribution in [2.24, 2.45) is 0 Å². The number of aliphatic hydroxyl groups excluding tert-OH is 1. The van der Waals surface area contributed by atoms with Crippen molar-refractivity contribution >= 4 is 0 Å². The van der Waals surface area contributed by atoms with E-state index in [4.69, 9.17) is 4.74 Å². The van der Waals surface area contributed by atoms with Crippen LogP contribution < -0.4 is 0 Å². The van der Waals surface area contributed by atoms with E-state index in [0.29, 0.717) is 13.0 Å². The van der Waals surface area contributed by atoms with Crippen LogP contribution >= 0.6 is 0 Å². The summed E-state index contributed by atoms with van der Waals surface area (Å²) >= 11 is 0. The molecule has 72 valence electrons. The molecule has 0 radical (unpaired) electrons. The van der Waals surface area contributed by atoms with Gasteiger partial charge in [0.15, 0.2) is 0 Å². The average molecular weight is 188 g/mol. The number of hydrogen-bond donors (Lipinski definition) is 1. The molecule has 1 saturated heterocycles. The first kappa shape index (κ1) is 9.26. The summed E-state index contributed by atoms with van der Waals surface area (Å²) in [6.07, 6.45) is -0.0462. The molecule has 2 atom stereocenters. The van der Waals surface area contributed by atoms with Gasteiger partial charge in [0.1, 0.15) is 6.10 Å². The molecule has 0 unspecified atom stereocenters. The summed E-state index contributed by atoms with van der Waals surface area (Å²) in [7, 11) is 0. The molecule has 0 spiro atoms. The van der Waals surface area contributed by atoms with Crippen molar-refractivity contribution in [2.45, 2.75) is 18.6 Å². The van der Waals surface area contributed by atoms with Crippen molar-refractivity contribution in [3.8, 4) is 11.8 Å². The fourth-order valence-corrected chi connectivity index (χ4v) is 1.39. The van der Waals surface area contributed by atoms with Gasteiger partial charge in [-0.15, -0.1) is 0 Å². The van der Waals surface area contributed by atoms with Crippen LogP contribution in [0.4, 0.5) is 0 Å². The lowest BCUT2D eigenvalue weighted by atomic mass is 10.1. The molecule has 1 heterocycles. The first-order valence-corrected chi connectivity index (χ1v) is 4.72. The molecular formula is C12H12O2. The van der Waals surface area contributed by atoms with Crippen molar-refractivity contribution in [1.29, 1.82) is 0 Å². The van der Waals surface area contributed by atoms with Gasteiger partial charge >= 0.3 is 0 Å². The summed E-state index contributed by atoms with van der Waals surface area (Å²) in [4.78, 5) is 0. The van der Waals surface area contributed by atoms with Crippen LogP contribution in [0, 0.1) is 11.8 Å². The van der Waals surface area contributed by atoms with Crippen molar-refractivity contribution in [2.75, 3.05) is 6.61 Å². The highest BCUT2D eigenvalue weighted by Crippen LogP contribution is 2.12. The monoisotopic (exact) mass is 188 g/mol. The Hall–Kier alpha value is -1.30. The Morgan fingerprint density at radius 2 is 2.07 bits per heavy atom. The lowest BCUT2D eigenvalue weighted by Gasteiger charge is -2.04. The first-order chi connectivity index (χ1) is 6.86. The van der Waals surface area contributed by atoms with Crippen LogP contribution in [0.5, 0.6) is 0 Å². The van der Waals surface area contributed by atoms with Gasteiger partial charge < -0.3 is 9.84 Å². The molecule has 2 nitrogen and oxygen atoms in total. The second kappa shape index (κ2) is 4.28. The fraction of sp³-hybridized carbons (Fsp3) is 0.333. The molecule has 0 aliphatic carbocycles. The van der Waals surface area contributed by atoms with Crippen LogP contribution in [-0.2, 0) is 4.74 Å². The van der Waals surface area contributed by atoms with Gasteiger partial charge in [-0.3, -0.25) is 0 Å². The Kier molecular flexibility index (Phi) is 2.83. The highest BCUT2D eigenvalue weighted by Gasteiger charge is 2.23. The fourth-order valence-electron chi connectivity index (χ4n) is 1.39. The van der Waals surface area contributed by atoms with E-state index in [1.165, 1.54) is 0 Å². The van der Waals surface area contributed by atoms with Crippen molar-refractivity contribution in [3.63, 3.8) is 0 Å². The normalized spacial score (nSPS) is 25.5. The summed E-state index contributed by atoms with van der Waals surface area (Å²) in [6, 6.07) is 9.71. The van der Waals surface area contributed by atoms with Crippen LogP contribution in [-0.4, -0.2) is 23.9 Å². The van der Waals surface area contributed by atoms with E-state index in [1.807, 2.05) is 30.3 Å². The van der Waals surface area contributed by atoms with Gasteiger partial charge in [0.05, 0.1) is 12.7 Å². The zero-order chi connectivity index (χ0) is 9.80. The van der Waals surface area contributed by atoms with Crippen LogP contribution in [0.3, 0.4) is 0 Å². The molecule has 0 bridgehead atoms. The molecule has 0 saturated carbocycles. The number of ether oxygens (including phenoxy) is 1. The van der Waals surface area contributed by atoms with Crippen LogP contribution in [0.2, 0.25) is 0 Å². The van der Waals surface area contributed by atoms with E-state index in [0.717, 1.165) is 5.56 Å². The van der Waals surface area contributed by atoms with Gasteiger partial charge in [-0.1, -0.05) is 30.0 Å². The third-order valence-electron chi connectivity index (χ3n) is 2.19. The topological polar surface area (TPSA) is 29.5 Å². The molecule has 1 aliphatic heterocycles. The van der Waals surface area contributed by atoms with Gasteiger partial charge in [-0.05, 0) is 12.1 Å². The van der Waals surface area contributed by atoms with Gasteiger partial charge in [0.2, 0.25) is 0 Å². The van der Waals surface area contributed by atoms with E-state index in [1.54, 1.807) is 0 Å². The second-order valence-electron chi connectivity index (χ2n) is 3.28. The molecule has 1 N–H and O–H groups in total. The highest BCUT2D eigenvalue weighted by molar-refractivity contribution is 5.34. The van der Waals surface area contributed by atoms with Crippen LogP contribution in [0.15, 0.2) is 30.3 Å². The number of rotatable bonds is 0.